The second-order valence-corrected chi connectivity index (χ2v) is 8.72. The molecule has 1 atom stereocenters. The minimum absolute atomic E-state index is 0.0219. The summed E-state index contributed by atoms with van der Waals surface area (Å²) < 4.78 is 37.5. The Labute approximate surface area is 152 Å². The first-order valence-electron chi connectivity index (χ1n) is 8.43. The van der Waals surface area contributed by atoms with Gasteiger partial charge in [0.25, 0.3) is 0 Å². The van der Waals surface area contributed by atoms with Crippen molar-refractivity contribution >= 4 is 21.7 Å². The molecule has 1 saturated heterocycles. The molecule has 0 unspecified atom stereocenters. The molecule has 2 N–H and O–H groups in total. The normalized spacial score (nSPS) is 18.9. The van der Waals surface area contributed by atoms with Crippen molar-refractivity contribution in [3.05, 3.63) is 30.1 Å². The molecule has 1 aliphatic rings. The maximum absolute atomic E-state index is 12.9. The van der Waals surface area contributed by atoms with Gasteiger partial charge in [-0.05, 0) is 38.1 Å². The fourth-order valence-electron chi connectivity index (χ4n) is 3.03. The van der Waals surface area contributed by atoms with E-state index in [1.165, 1.54) is 17.0 Å². The lowest BCUT2D eigenvalue weighted by Gasteiger charge is -2.42. The van der Waals surface area contributed by atoms with Crippen molar-refractivity contribution in [2.45, 2.75) is 37.2 Å². The van der Waals surface area contributed by atoms with E-state index >= 15 is 0 Å². The van der Waals surface area contributed by atoms with Gasteiger partial charge >= 0.3 is 0 Å². The van der Waals surface area contributed by atoms with Gasteiger partial charge in [-0.15, -0.1) is 0 Å². The first kappa shape index (κ1) is 20.3. The fourth-order valence-corrected chi connectivity index (χ4v) is 4.26. The lowest BCUT2D eigenvalue weighted by Crippen LogP contribution is -2.61. The first-order valence-corrected chi connectivity index (χ1v) is 10.1. The van der Waals surface area contributed by atoms with Crippen LogP contribution in [0.2, 0.25) is 0 Å². The van der Waals surface area contributed by atoms with E-state index in [9.17, 15) is 22.4 Å². The number of hydrogen-bond acceptors (Lipinski definition) is 5. The molecule has 7 nitrogen and oxygen atoms in total. The second kappa shape index (κ2) is 8.13. The van der Waals surface area contributed by atoms with Crippen LogP contribution >= 0.6 is 0 Å². The summed E-state index contributed by atoms with van der Waals surface area (Å²) in [6.45, 7) is 4.97. The van der Waals surface area contributed by atoms with Crippen molar-refractivity contribution in [3.8, 4) is 0 Å². The quantitative estimate of drug-likeness (QED) is 0.714. The van der Waals surface area contributed by atoms with Crippen LogP contribution in [0, 0.1) is 5.82 Å². The summed E-state index contributed by atoms with van der Waals surface area (Å²) in [6, 6.07) is 4.03. The Hall–Kier alpha value is -2.00. The van der Waals surface area contributed by atoms with Gasteiger partial charge in [-0.1, -0.05) is 0 Å². The molecule has 9 heteroatoms. The van der Waals surface area contributed by atoms with Crippen LogP contribution in [0.4, 0.5) is 4.39 Å². The third kappa shape index (κ3) is 4.79. The zero-order valence-electron chi connectivity index (χ0n) is 14.9. The third-order valence-electron chi connectivity index (χ3n) is 4.52. The van der Waals surface area contributed by atoms with Gasteiger partial charge in [-0.2, -0.15) is 0 Å². The average molecular weight is 385 g/mol. The van der Waals surface area contributed by atoms with E-state index in [0.29, 0.717) is 13.1 Å². The smallest absolute Gasteiger partial charge is 0.236 e. The van der Waals surface area contributed by atoms with Crippen molar-refractivity contribution < 1.29 is 22.4 Å². The first-order chi connectivity index (χ1) is 12.1. The van der Waals surface area contributed by atoms with Crippen LogP contribution < -0.4 is 5.73 Å². The molecule has 0 spiro atoms. The second-order valence-electron chi connectivity index (χ2n) is 6.61. The summed E-state index contributed by atoms with van der Waals surface area (Å²) in [7, 11) is -3.68. The molecule has 2 rings (SSSR count). The predicted molar refractivity (Wildman–Crippen MR) is 94.5 cm³/mol. The number of carbonyl (C=O) groups excluding carboxylic acids is 2. The Bertz CT molecular complexity index is 765. The number of halogens is 1. The van der Waals surface area contributed by atoms with E-state index in [4.69, 9.17) is 5.73 Å². The molecule has 0 aliphatic carbocycles. The van der Waals surface area contributed by atoms with Crippen LogP contribution in [0.25, 0.3) is 0 Å². The molecule has 1 aliphatic heterocycles. The lowest BCUT2D eigenvalue weighted by molar-refractivity contribution is -0.137. The number of benzene rings is 1. The zero-order valence-corrected chi connectivity index (χ0v) is 15.7. The highest BCUT2D eigenvalue weighted by Crippen LogP contribution is 2.16. The monoisotopic (exact) mass is 385 g/mol. The van der Waals surface area contributed by atoms with Gasteiger partial charge in [0.2, 0.25) is 11.8 Å². The summed E-state index contributed by atoms with van der Waals surface area (Å²) in [6.07, 6.45) is -0.202. The van der Waals surface area contributed by atoms with Gasteiger partial charge in [0.15, 0.2) is 9.84 Å². The van der Waals surface area contributed by atoms with Crippen molar-refractivity contribution in [3.63, 3.8) is 0 Å². The molecule has 1 fully saturated rings. The summed E-state index contributed by atoms with van der Waals surface area (Å²) in [5, 5.41) is 0. The number of amides is 2. The molecule has 0 radical (unpaired) electrons. The van der Waals surface area contributed by atoms with Crippen molar-refractivity contribution in [1.82, 2.24) is 9.80 Å². The molecule has 0 aromatic heterocycles. The van der Waals surface area contributed by atoms with Gasteiger partial charge < -0.3 is 10.6 Å². The summed E-state index contributed by atoms with van der Waals surface area (Å²) in [4.78, 5) is 27.5. The van der Waals surface area contributed by atoms with Crippen molar-refractivity contribution in [2.24, 2.45) is 5.73 Å². The van der Waals surface area contributed by atoms with E-state index in [-0.39, 0.29) is 35.6 Å². The molecular formula is C17H24FN3O4S. The minimum Gasteiger partial charge on any atom is -0.368 e. The number of sulfone groups is 1. The molecule has 1 aromatic rings. The minimum atomic E-state index is -3.68. The van der Waals surface area contributed by atoms with E-state index in [0.717, 1.165) is 12.1 Å². The molecule has 1 heterocycles. The Balaban J connectivity index is 1.99. The fraction of sp³-hybridized carbons (Fsp3) is 0.529. The van der Waals surface area contributed by atoms with Crippen LogP contribution in [-0.2, 0) is 19.4 Å². The van der Waals surface area contributed by atoms with E-state index in [2.05, 4.69) is 0 Å². The molecule has 1 aromatic carbocycles. The van der Waals surface area contributed by atoms with Crippen LogP contribution in [-0.4, -0.2) is 67.5 Å². The Morgan fingerprint density at radius 1 is 1.23 bits per heavy atom. The highest BCUT2D eigenvalue weighted by molar-refractivity contribution is 7.91. The highest BCUT2D eigenvalue weighted by Gasteiger charge is 2.34. The number of nitrogens with zero attached hydrogens (tertiary/aromatic N) is 2. The lowest BCUT2D eigenvalue weighted by atomic mass is 10.1. The van der Waals surface area contributed by atoms with Crippen molar-refractivity contribution in [1.29, 1.82) is 0 Å². The topological polar surface area (TPSA) is 101 Å². The average Bonchev–Trinajstić information content (AvgIpc) is 2.59. The van der Waals surface area contributed by atoms with E-state index < -0.39 is 27.6 Å². The summed E-state index contributed by atoms with van der Waals surface area (Å²) in [5.74, 6) is -1.75. The molecular weight excluding hydrogens is 361 g/mol. The third-order valence-corrected chi connectivity index (χ3v) is 6.26. The van der Waals surface area contributed by atoms with Crippen LogP contribution in [0.15, 0.2) is 29.2 Å². The number of carbonyl (C=O) groups is 2. The predicted octanol–water partition coefficient (Wildman–Crippen LogP) is 0.396. The Kier molecular flexibility index (Phi) is 6.35. The molecule has 26 heavy (non-hydrogen) atoms. The van der Waals surface area contributed by atoms with Crippen molar-refractivity contribution in [2.75, 3.05) is 25.4 Å². The number of rotatable bonds is 6. The van der Waals surface area contributed by atoms with Gasteiger partial charge in [0.1, 0.15) is 11.9 Å². The van der Waals surface area contributed by atoms with E-state index in [1.54, 1.807) is 0 Å². The number of piperazine rings is 1. The van der Waals surface area contributed by atoms with Gasteiger partial charge in [-0.25, -0.2) is 12.8 Å². The number of primary amides is 1. The number of nitrogens with two attached hydrogens (primary N) is 1. The van der Waals surface area contributed by atoms with Crippen LogP contribution in [0.3, 0.4) is 0 Å². The summed E-state index contributed by atoms with van der Waals surface area (Å²) >= 11 is 0. The van der Waals surface area contributed by atoms with Crippen LogP contribution in [0.5, 0.6) is 0 Å². The molecule has 0 saturated carbocycles. The Morgan fingerprint density at radius 3 is 2.38 bits per heavy atom. The standard InChI is InChI=1S/C17H24FN3O4S/c1-12(2)21-9-8-20(11-15(21)17(19)23)16(22)7-10-26(24,25)14-5-3-13(18)4-6-14/h3-6,12,15H,7-11H2,1-2H3,(H2,19,23)/t15-/m1/s1. The zero-order chi connectivity index (χ0) is 19.5. The highest BCUT2D eigenvalue weighted by atomic mass is 32.2. The SMILES string of the molecule is CC(C)N1CCN(C(=O)CCS(=O)(=O)c2ccc(F)cc2)C[C@@H]1C(N)=O. The maximum atomic E-state index is 12.9. The van der Waals surface area contributed by atoms with Gasteiger partial charge in [-0.3, -0.25) is 14.5 Å². The molecule has 2 amide bonds. The molecule has 0 bridgehead atoms. The van der Waals surface area contributed by atoms with E-state index in [1.807, 2.05) is 18.7 Å². The Morgan fingerprint density at radius 2 is 1.85 bits per heavy atom. The number of hydrogen-bond donors (Lipinski definition) is 1. The largest absolute Gasteiger partial charge is 0.368 e. The van der Waals surface area contributed by atoms with Gasteiger partial charge in [0.05, 0.1) is 10.6 Å². The maximum Gasteiger partial charge on any atom is 0.236 e. The molecule has 144 valence electrons. The summed E-state index contributed by atoms with van der Waals surface area (Å²) in [5.41, 5.74) is 5.44. The van der Waals surface area contributed by atoms with Gasteiger partial charge in [0, 0.05) is 32.1 Å². The van der Waals surface area contributed by atoms with Crippen LogP contribution in [0.1, 0.15) is 20.3 Å².